The second kappa shape index (κ2) is 13.3. The highest BCUT2D eigenvalue weighted by molar-refractivity contribution is 6.41. The zero-order chi connectivity index (χ0) is 25.3. The predicted octanol–water partition coefficient (Wildman–Crippen LogP) is 5.35. The molecule has 5 heteroatoms. The molecular weight excluding hydrogens is 416 g/mol. The van der Waals surface area contributed by atoms with Crippen molar-refractivity contribution in [3.05, 3.63) is 63.2 Å². The lowest BCUT2D eigenvalue weighted by atomic mass is 9.89. The third kappa shape index (κ3) is 7.79. The van der Waals surface area contributed by atoms with E-state index in [9.17, 15) is 9.59 Å². The maximum atomic E-state index is 12.5. The van der Waals surface area contributed by atoms with E-state index >= 15 is 0 Å². The van der Waals surface area contributed by atoms with Gasteiger partial charge in [0.05, 0.1) is 0 Å². The standard InChI is InChI=1S/C20H22O3.C8H18O2/c1-11-7-13(3)17(14(4)8-11)18(21)20(22)23-19-15(5)9-12(2)10-16(19)6;1-3-7(5-9)8(4-2)6-10/h7-10H,1-6H3;7-10H,3-6H2,1-2H3. The SMILES string of the molecule is CCC(CO)C(CC)CO.Cc1cc(C)c(OC(=O)C(=O)c2c(C)cc(C)cc2C)c(C)c1. The van der Waals surface area contributed by atoms with Crippen LogP contribution in [0.3, 0.4) is 0 Å². The van der Waals surface area contributed by atoms with Crippen LogP contribution in [0.15, 0.2) is 24.3 Å². The van der Waals surface area contributed by atoms with Gasteiger partial charge in [0.25, 0.3) is 5.78 Å². The molecule has 0 saturated carbocycles. The summed E-state index contributed by atoms with van der Waals surface area (Å²) >= 11 is 0. The van der Waals surface area contributed by atoms with E-state index < -0.39 is 11.8 Å². The number of ketones is 1. The first-order valence-corrected chi connectivity index (χ1v) is 11.6. The molecule has 2 atom stereocenters. The number of ether oxygens (including phenoxy) is 1. The van der Waals surface area contributed by atoms with Crippen LogP contribution in [-0.2, 0) is 4.79 Å². The molecule has 0 fully saturated rings. The summed E-state index contributed by atoms with van der Waals surface area (Å²) < 4.78 is 5.40. The molecule has 0 aromatic heterocycles. The number of hydrogen-bond donors (Lipinski definition) is 2. The van der Waals surface area contributed by atoms with Gasteiger partial charge in [-0.25, -0.2) is 4.79 Å². The van der Waals surface area contributed by atoms with Crippen LogP contribution < -0.4 is 4.74 Å². The number of benzene rings is 2. The predicted molar refractivity (Wildman–Crippen MR) is 133 cm³/mol. The largest absolute Gasteiger partial charge is 0.420 e. The van der Waals surface area contributed by atoms with Gasteiger partial charge in [0.15, 0.2) is 0 Å². The van der Waals surface area contributed by atoms with Gasteiger partial charge in [0.2, 0.25) is 0 Å². The van der Waals surface area contributed by atoms with Gasteiger partial charge in [-0.05, 0) is 75.6 Å². The van der Waals surface area contributed by atoms with Gasteiger partial charge in [-0.1, -0.05) is 62.1 Å². The Labute approximate surface area is 198 Å². The molecule has 0 amide bonds. The highest BCUT2D eigenvalue weighted by Gasteiger charge is 2.24. The number of rotatable bonds is 8. The average Bonchev–Trinajstić information content (AvgIpc) is 2.73. The first kappa shape index (κ1) is 28.5. The van der Waals surface area contributed by atoms with E-state index in [4.69, 9.17) is 14.9 Å². The van der Waals surface area contributed by atoms with E-state index in [2.05, 4.69) is 0 Å². The van der Waals surface area contributed by atoms with Gasteiger partial charge in [0.1, 0.15) is 5.75 Å². The quantitative estimate of drug-likeness (QED) is 0.242. The van der Waals surface area contributed by atoms with Gasteiger partial charge >= 0.3 is 5.97 Å². The summed E-state index contributed by atoms with van der Waals surface area (Å²) in [6.07, 6.45) is 1.91. The summed E-state index contributed by atoms with van der Waals surface area (Å²) in [7, 11) is 0. The molecule has 0 aliphatic rings. The molecule has 0 aliphatic heterocycles. The number of Topliss-reactive ketones (excluding diaryl/α,β-unsaturated/α-hetero) is 1. The lowest BCUT2D eigenvalue weighted by Gasteiger charge is -2.20. The second-order valence-electron chi connectivity index (χ2n) is 8.92. The number of aliphatic hydroxyl groups excluding tert-OH is 2. The molecule has 182 valence electrons. The first-order valence-electron chi connectivity index (χ1n) is 11.6. The minimum Gasteiger partial charge on any atom is -0.420 e. The Morgan fingerprint density at radius 3 is 1.42 bits per heavy atom. The third-order valence-corrected chi connectivity index (χ3v) is 6.07. The monoisotopic (exact) mass is 456 g/mol. The summed E-state index contributed by atoms with van der Waals surface area (Å²) in [5, 5.41) is 17.7. The van der Waals surface area contributed by atoms with Gasteiger partial charge in [-0.3, -0.25) is 4.79 Å². The molecule has 33 heavy (non-hydrogen) atoms. The smallest absolute Gasteiger partial charge is 0.385 e. The Morgan fingerprint density at radius 2 is 1.09 bits per heavy atom. The maximum Gasteiger partial charge on any atom is 0.385 e. The summed E-state index contributed by atoms with van der Waals surface area (Å²) in [6.45, 7) is 15.8. The molecule has 0 spiro atoms. The number of hydrogen-bond acceptors (Lipinski definition) is 5. The molecule has 2 aromatic rings. The summed E-state index contributed by atoms with van der Waals surface area (Å²) in [4.78, 5) is 24.8. The Kier molecular flexibility index (Phi) is 11.5. The highest BCUT2D eigenvalue weighted by atomic mass is 16.5. The van der Waals surface area contributed by atoms with Crippen molar-refractivity contribution in [3.63, 3.8) is 0 Å². The fraction of sp³-hybridized carbons (Fsp3) is 0.500. The first-order chi connectivity index (χ1) is 15.5. The average molecular weight is 457 g/mol. The second-order valence-corrected chi connectivity index (χ2v) is 8.92. The van der Waals surface area contributed by atoms with Crippen molar-refractivity contribution < 1.29 is 24.5 Å². The van der Waals surface area contributed by atoms with Gasteiger partial charge in [-0.15, -0.1) is 0 Å². The lowest BCUT2D eigenvalue weighted by molar-refractivity contribution is -0.129. The fourth-order valence-corrected chi connectivity index (χ4v) is 4.33. The maximum absolute atomic E-state index is 12.5. The van der Waals surface area contributed by atoms with Crippen molar-refractivity contribution in [2.75, 3.05) is 13.2 Å². The van der Waals surface area contributed by atoms with Crippen molar-refractivity contribution >= 4 is 11.8 Å². The van der Waals surface area contributed by atoms with E-state index in [0.717, 1.165) is 46.2 Å². The number of esters is 1. The van der Waals surface area contributed by atoms with Crippen molar-refractivity contribution in [2.24, 2.45) is 11.8 Å². The van der Waals surface area contributed by atoms with E-state index in [-0.39, 0.29) is 25.0 Å². The van der Waals surface area contributed by atoms with Gasteiger partial charge in [-0.2, -0.15) is 0 Å². The van der Waals surface area contributed by atoms with E-state index in [1.165, 1.54) is 0 Å². The Balaban J connectivity index is 0.000000461. The van der Waals surface area contributed by atoms with Gasteiger partial charge < -0.3 is 14.9 Å². The van der Waals surface area contributed by atoms with Crippen LogP contribution in [0.4, 0.5) is 0 Å². The lowest BCUT2D eigenvalue weighted by Crippen LogP contribution is -2.23. The minimum atomic E-state index is -0.838. The summed E-state index contributed by atoms with van der Waals surface area (Å²) in [5.74, 6) is -0.393. The molecular formula is C28H40O5. The van der Waals surface area contributed by atoms with Crippen LogP contribution >= 0.6 is 0 Å². The molecule has 2 rings (SSSR count). The minimum absolute atomic E-state index is 0.204. The molecule has 0 radical (unpaired) electrons. The Bertz CT molecular complexity index is 897. The van der Waals surface area contributed by atoms with Crippen LogP contribution in [0.5, 0.6) is 5.75 Å². The Morgan fingerprint density at radius 1 is 0.727 bits per heavy atom. The van der Waals surface area contributed by atoms with Crippen LogP contribution in [0.1, 0.15) is 70.4 Å². The summed E-state index contributed by atoms with van der Waals surface area (Å²) in [5.41, 5.74) is 5.88. The highest BCUT2D eigenvalue weighted by Crippen LogP contribution is 2.26. The number of aliphatic hydroxyl groups is 2. The fourth-order valence-electron chi connectivity index (χ4n) is 4.33. The molecule has 0 heterocycles. The van der Waals surface area contributed by atoms with Crippen molar-refractivity contribution in [1.29, 1.82) is 0 Å². The molecule has 2 N–H and O–H groups in total. The molecule has 5 nitrogen and oxygen atoms in total. The molecule has 0 aliphatic carbocycles. The third-order valence-electron chi connectivity index (χ3n) is 6.07. The molecule has 2 aromatic carbocycles. The van der Waals surface area contributed by atoms with Crippen LogP contribution in [0.2, 0.25) is 0 Å². The van der Waals surface area contributed by atoms with E-state index in [0.29, 0.717) is 11.3 Å². The van der Waals surface area contributed by atoms with Crippen LogP contribution in [0.25, 0.3) is 0 Å². The Hall–Kier alpha value is -2.50. The number of carbonyl (C=O) groups excluding carboxylic acids is 2. The zero-order valence-corrected chi connectivity index (χ0v) is 21.4. The molecule has 0 saturated heterocycles. The van der Waals surface area contributed by atoms with Crippen molar-refractivity contribution in [2.45, 2.75) is 68.2 Å². The van der Waals surface area contributed by atoms with Crippen LogP contribution in [0, 0.1) is 53.4 Å². The normalized spacial score (nSPS) is 12.4. The number of aryl methyl sites for hydroxylation is 6. The van der Waals surface area contributed by atoms with E-state index in [1.807, 2.05) is 79.7 Å². The summed E-state index contributed by atoms with van der Waals surface area (Å²) in [6, 6.07) is 7.66. The van der Waals surface area contributed by atoms with Crippen LogP contribution in [-0.4, -0.2) is 35.2 Å². The molecule has 2 unspecified atom stereocenters. The van der Waals surface area contributed by atoms with Crippen molar-refractivity contribution in [1.82, 2.24) is 0 Å². The molecule has 0 bridgehead atoms. The van der Waals surface area contributed by atoms with E-state index in [1.54, 1.807) is 0 Å². The van der Waals surface area contributed by atoms with Crippen molar-refractivity contribution in [3.8, 4) is 5.75 Å². The van der Waals surface area contributed by atoms with Gasteiger partial charge in [0, 0.05) is 18.8 Å². The topological polar surface area (TPSA) is 83.8 Å². The number of carbonyl (C=O) groups is 2. The zero-order valence-electron chi connectivity index (χ0n) is 21.4.